The Kier molecular flexibility index (Phi) is 3.98. The number of sulfonamides is 1. The molecule has 2 aromatic heterocycles. The van der Waals surface area contributed by atoms with Crippen LogP contribution in [0.2, 0.25) is 0 Å². The van der Waals surface area contributed by atoms with E-state index in [-0.39, 0.29) is 4.90 Å². The number of rotatable bonds is 3. The molecule has 2 heterocycles. The maximum absolute atomic E-state index is 12.2. The molecule has 0 aliphatic heterocycles. The summed E-state index contributed by atoms with van der Waals surface area (Å²) in [6, 6.07) is 8.77. The minimum atomic E-state index is -3.93. The lowest BCUT2D eigenvalue weighted by Gasteiger charge is -2.09. The fourth-order valence-electron chi connectivity index (χ4n) is 2.28. The predicted molar refractivity (Wildman–Crippen MR) is 90.4 cm³/mol. The summed E-state index contributed by atoms with van der Waals surface area (Å²) in [7, 11) is -3.93. The summed E-state index contributed by atoms with van der Waals surface area (Å²) in [5.74, 6) is 0. The SMILES string of the molecule is Cc1ccc(S(=O)(=O)NC(=O)Nc2cccn3cc(C)nc23)cc1. The van der Waals surface area contributed by atoms with Gasteiger partial charge in [-0.15, -0.1) is 0 Å². The Labute approximate surface area is 139 Å². The average molecular weight is 344 g/mol. The number of urea groups is 1. The second-order valence-corrected chi connectivity index (χ2v) is 7.09. The van der Waals surface area contributed by atoms with Crippen LogP contribution in [-0.2, 0) is 10.0 Å². The van der Waals surface area contributed by atoms with Gasteiger partial charge in [-0.3, -0.25) is 0 Å². The number of imidazole rings is 1. The third-order valence-electron chi connectivity index (χ3n) is 3.41. The molecule has 124 valence electrons. The Morgan fingerprint density at radius 1 is 1.12 bits per heavy atom. The number of fused-ring (bicyclic) bond motifs is 1. The first kappa shape index (κ1) is 16.0. The van der Waals surface area contributed by atoms with Crippen molar-refractivity contribution in [3.05, 3.63) is 60.0 Å². The highest BCUT2D eigenvalue weighted by molar-refractivity contribution is 7.90. The van der Waals surface area contributed by atoms with Gasteiger partial charge in [0.15, 0.2) is 5.65 Å². The van der Waals surface area contributed by atoms with Crippen LogP contribution in [0.1, 0.15) is 11.3 Å². The molecular formula is C16H16N4O3S. The molecule has 0 bridgehead atoms. The van der Waals surface area contributed by atoms with Gasteiger partial charge in [-0.1, -0.05) is 17.7 Å². The van der Waals surface area contributed by atoms with E-state index in [1.165, 1.54) is 12.1 Å². The number of carbonyl (C=O) groups excluding carboxylic acids is 1. The first-order valence-corrected chi connectivity index (χ1v) is 8.68. The first-order valence-electron chi connectivity index (χ1n) is 7.20. The maximum Gasteiger partial charge on any atom is 0.333 e. The van der Waals surface area contributed by atoms with E-state index < -0.39 is 16.1 Å². The van der Waals surface area contributed by atoms with Crippen LogP contribution in [0.5, 0.6) is 0 Å². The molecule has 0 fully saturated rings. The average Bonchev–Trinajstić information content (AvgIpc) is 2.88. The van der Waals surface area contributed by atoms with Crippen LogP contribution in [0.25, 0.3) is 5.65 Å². The van der Waals surface area contributed by atoms with Crippen molar-refractivity contribution in [2.45, 2.75) is 18.7 Å². The number of amides is 2. The van der Waals surface area contributed by atoms with Crippen molar-refractivity contribution < 1.29 is 13.2 Å². The molecule has 0 radical (unpaired) electrons. The molecule has 2 amide bonds. The molecule has 7 nitrogen and oxygen atoms in total. The van der Waals surface area contributed by atoms with Gasteiger partial charge in [0, 0.05) is 12.4 Å². The molecule has 8 heteroatoms. The number of nitrogens with zero attached hydrogens (tertiary/aromatic N) is 2. The van der Waals surface area contributed by atoms with Gasteiger partial charge < -0.3 is 9.72 Å². The molecule has 1 aromatic carbocycles. The number of carbonyl (C=O) groups is 1. The van der Waals surface area contributed by atoms with E-state index in [0.29, 0.717) is 11.3 Å². The van der Waals surface area contributed by atoms with Gasteiger partial charge in [0.05, 0.1) is 16.3 Å². The zero-order chi connectivity index (χ0) is 17.3. The van der Waals surface area contributed by atoms with Gasteiger partial charge in [-0.2, -0.15) is 0 Å². The molecule has 3 aromatic rings. The van der Waals surface area contributed by atoms with Crippen LogP contribution in [-0.4, -0.2) is 23.8 Å². The minimum absolute atomic E-state index is 0.0260. The van der Waals surface area contributed by atoms with Gasteiger partial charge in [0.25, 0.3) is 10.0 Å². The number of hydrogen-bond donors (Lipinski definition) is 2. The van der Waals surface area contributed by atoms with Crippen LogP contribution >= 0.6 is 0 Å². The molecule has 0 aliphatic carbocycles. The topological polar surface area (TPSA) is 92.6 Å². The van der Waals surface area contributed by atoms with E-state index in [2.05, 4.69) is 10.3 Å². The lowest BCUT2D eigenvalue weighted by Crippen LogP contribution is -2.34. The van der Waals surface area contributed by atoms with E-state index >= 15 is 0 Å². The number of benzene rings is 1. The lowest BCUT2D eigenvalue weighted by molar-refractivity contribution is 0.256. The summed E-state index contributed by atoms with van der Waals surface area (Å²) in [5, 5.41) is 2.52. The van der Waals surface area contributed by atoms with Crippen LogP contribution in [0.3, 0.4) is 0 Å². The van der Waals surface area contributed by atoms with E-state index in [9.17, 15) is 13.2 Å². The fraction of sp³-hybridized carbons (Fsp3) is 0.125. The molecule has 0 atom stereocenters. The van der Waals surface area contributed by atoms with Crippen molar-refractivity contribution in [2.75, 3.05) is 5.32 Å². The van der Waals surface area contributed by atoms with Crippen LogP contribution in [0.15, 0.2) is 53.7 Å². The third kappa shape index (κ3) is 3.23. The molecule has 24 heavy (non-hydrogen) atoms. The second-order valence-electron chi connectivity index (χ2n) is 5.41. The summed E-state index contributed by atoms with van der Waals surface area (Å²) in [6.07, 6.45) is 3.60. The smallest absolute Gasteiger partial charge is 0.305 e. The number of nitrogens with one attached hydrogen (secondary N) is 2. The molecular weight excluding hydrogens is 328 g/mol. The Morgan fingerprint density at radius 3 is 2.54 bits per heavy atom. The zero-order valence-electron chi connectivity index (χ0n) is 13.1. The second kappa shape index (κ2) is 5.97. The third-order valence-corrected chi connectivity index (χ3v) is 4.76. The van der Waals surface area contributed by atoms with Gasteiger partial charge in [-0.05, 0) is 38.1 Å². The molecule has 0 saturated heterocycles. The quantitative estimate of drug-likeness (QED) is 0.763. The van der Waals surface area contributed by atoms with Crippen molar-refractivity contribution in [3.63, 3.8) is 0 Å². The number of aromatic nitrogens is 2. The van der Waals surface area contributed by atoms with E-state index in [1.807, 2.05) is 24.8 Å². The highest BCUT2D eigenvalue weighted by Crippen LogP contribution is 2.16. The largest absolute Gasteiger partial charge is 0.333 e. The minimum Gasteiger partial charge on any atom is -0.305 e. The summed E-state index contributed by atoms with van der Waals surface area (Å²) >= 11 is 0. The van der Waals surface area contributed by atoms with Crippen molar-refractivity contribution in [1.82, 2.24) is 14.1 Å². The zero-order valence-corrected chi connectivity index (χ0v) is 14.0. The number of pyridine rings is 1. The molecule has 2 N–H and O–H groups in total. The summed E-state index contributed by atoms with van der Waals surface area (Å²) in [4.78, 5) is 16.4. The summed E-state index contributed by atoms with van der Waals surface area (Å²) in [6.45, 7) is 3.68. The standard InChI is InChI=1S/C16H16N4O3S/c1-11-5-7-13(8-6-11)24(22,23)19-16(21)18-14-4-3-9-20-10-12(2)17-15(14)20/h3-10H,1-2H3,(H2,18,19,21). The predicted octanol–water partition coefficient (Wildman–Crippen LogP) is 2.46. The number of anilines is 1. The Morgan fingerprint density at radius 2 is 1.83 bits per heavy atom. The highest BCUT2D eigenvalue weighted by Gasteiger charge is 2.18. The highest BCUT2D eigenvalue weighted by atomic mass is 32.2. The fourth-order valence-corrected chi connectivity index (χ4v) is 3.19. The van der Waals surface area contributed by atoms with Crippen LogP contribution in [0, 0.1) is 13.8 Å². The molecule has 0 unspecified atom stereocenters. The number of hydrogen-bond acceptors (Lipinski definition) is 4. The maximum atomic E-state index is 12.2. The Hall–Kier alpha value is -2.87. The van der Waals surface area contributed by atoms with E-state index in [0.717, 1.165) is 11.3 Å². The van der Waals surface area contributed by atoms with E-state index in [1.54, 1.807) is 34.9 Å². The Bertz CT molecular complexity index is 1010. The van der Waals surface area contributed by atoms with Crippen molar-refractivity contribution in [3.8, 4) is 0 Å². The lowest BCUT2D eigenvalue weighted by atomic mass is 10.2. The monoisotopic (exact) mass is 344 g/mol. The van der Waals surface area contributed by atoms with Crippen LogP contribution < -0.4 is 10.0 Å². The van der Waals surface area contributed by atoms with Crippen molar-refractivity contribution in [2.24, 2.45) is 0 Å². The Balaban J connectivity index is 1.81. The molecule has 0 aliphatic rings. The summed E-state index contributed by atoms with van der Waals surface area (Å²) < 4.78 is 28.2. The van der Waals surface area contributed by atoms with Crippen LogP contribution in [0.4, 0.5) is 10.5 Å². The van der Waals surface area contributed by atoms with Crippen molar-refractivity contribution in [1.29, 1.82) is 0 Å². The number of aryl methyl sites for hydroxylation is 2. The van der Waals surface area contributed by atoms with E-state index in [4.69, 9.17) is 0 Å². The molecule has 3 rings (SSSR count). The van der Waals surface area contributed by atoms with Gasteiger partial charge in [0.2, 0.25) is 0 Å². The van der Waals surface area contributed by atoms with Crippen molar-refractivity contribution >= 4 is 27.4 Å². The molecule has 0 saturated carbocycles. The molecule has 0 spiro atoms. The summed E-state index contributed by atoms with van der Waals surface area (Å²) in [5.41, 5.74) is 2.68. The first-order chi connectivity index (χ1) is 11.3. The normalized spacial score (nSPS) is 11.4. The van der Waals surface area contributed by atoms with Gasteiger partial charge >= 0.3 is 6.03 Å². The van der Waals surface area contributed by atoms with Gasteiger partial charge in [-0.25, -0.2) is 22.9 Å². The van der Waals surface area contributed by atoms with Gasteiger partial charge in [0.1, 0.15) is 0 Å².